The third kappa shape index (κ3) is 6.10. The number of nitrogens with one attached hydrogen (secondary N) is 2. The molecule has 0 saturated carbocycles. The van der Waals surface area contributed by atoms with Gasteiger partial charge in [-0.15, -0.1) is 0 Å². The van der Waals surface area contributed by atoms with Crippen LogP contribution < -0.4 is 10.6 Å². The summed E-state index contributed by atoms with van der Waals surface area (Å²) in [5.74, 6) is -0.435. The molecule has 2 N–H and O–H groups in total. The molecule has 0 atom stereocenters. The molecule has 0 bridgehead atoms. The fraction of sp³-hybridized carbons (Fsp3) is 0.310. The summed E-state index contributed by atoms with van der Waals surface area (Å²) < 4.78 is 0. The minimum absolute atomic E-state index is 0.0219. The molecule has 0 heterocycles. The topological polar surface area (TPSA) is 58.2 Å². The van der Waals surface area contributed by atoms with Crippen molar-refractivity contribution in [3.8, 4) is 0 Å². The van der Waals surface area contributed by atoms with Crippen molar-refractivity contribution in [3.63, 3.8) is 0 Å². The molecule has 33 heavy (non-hydrogen) atoms. The van der Waals surface area contributed by atoms with Crippen molar-refractivity contribution in [1.82, 2.24) is 0 Å². The normalized spacial score (nSPS) is 11.7. The zero-order chi connectivity index (χ0) is 24.4. The van der Waals surface area contributed by atoms with E-state index in [0.29, 0.717) is 22.5 Å². The molecule has 0 aliphatic heterocycles. The highest BCUT2D eigenvalue weighted by Crippen LogP contribution is 2.27. The van der Waals surface area contributed by atoms with Gasteiger partial charge in [0.1, 0.15) is 0 Å². The van der Waals surface area contributed by atoms with E-state index in [2.05, 4.69) is 52.2 Å². The number of aryl methyl sites for hydroxylation is 1. The number of hydrogen-bond donors (Lipinski definition) is 2. The Bertz CT molecular complexity index is 1150. The average molecular weight is 443 g/mol. The van der Waals surface area contributed by atoms with Gasteiger partial charge in [0.15, 0.2) is 0 Å². The largest absolute Gasteiger partial charge is 0.320 e. The zero-order valence-corrected chi connectivity index (χ0v) is 20.7. The molecule has 3 aromatic rings. The van der Waals surface area contributed by atoms with E-state index in [1.165, 1.54) is 11.1 Å². The summed E-state index contributed by atoms with van der Waals surface area (Å²) in [4.78, 5) is 25.8. The smallest absolute Gasteiger partial charge is 0.255 e. The number of amides is 2. The van der Waals surface area contributed by atoms with Gasteiger partial charge in [0.05, 0.1) is 11.4 Å². The van der Waals surface area contributed by atoms with E-state index in [-0.39, 0.29) is 22.6 Å². The van der Waals surface area contributed by atoms with Gasteiger partial charge in [-0.1, -0.05) is 71.9 Å². The van der Waals surface area contributed by atoms with E-state index in [1.807, 2.05) is 73.7 Å². The maximum Gasteiger partial charge on any atom is 0.255 e. The van der Waals surface area contributed by atoms with Gasteiger partial charge < -0.3 is 10.6 Å². The highest BCUT2D eigenvalue weighted by Gasteiger charge is 2.17. The summed E-state index contributed by atoms with van der Waals surface area (Å²) in [5, 5.41) is 5.90. The first-order valence-electron chi connectivity index (χ1n) is 11.3. The van der Waals surface area contributed by atoms with Crippen molar-refractivity contribution in [2.45, 2.75) is 59.3 Å². The van der Waals surface area contributed by atoms with Crippen LogP contribution in [0.25, 0.3) is 0 Å². The second kappa shape index (κ2) is 9.22. The minimum Gasteiger partial charge on any atom is -0.320 e. The first-order valence-corrected chi connectivity index (χ1v) is 11.3. The Morgan fingerprint density at radius 1 is 0.576 bits per heavy atom. The van der Waals surface area contributed by atoms with Crippen LogP contribution in [0, 0.1) is 6.92 Å². The maximum absolute atomic E-state index is 12.9. The molecule has 4 nitrogen and oxygen atoms in total. The van der Waals surface area contributed by atoms with E-state index >= 15 is 0 Å². The molecule has 3 aromatic carbocycles. The molecule has 0 saturated heterocycles. The molecule has 2 amide bonds. The molecule has 0 radical (unpaired) electrons. The fourth-order valence-corrected chi connectivity index (χ4v) is 3.50. The van der Waals surface area contributed by atoms with Crippen LogP contribution in [0.2, 0.25) is 0 Å². The Morgan fingerprint density at radius 3 is 1.36 bits per heavy atom. The Kier molecular flexibility index (Phi) is 6.78. The highest BCUT2D eigenvalue weighted by atomic mass is 16.2. The summed E-state index contributed by atoms with van der Waals surface area (Å²) in [6.45, 7) is 14.8. The standard InChI is InChI=1S/C29H34N2O2/c1-19-8-17-24(30-26(32)20-9-13-22(14-10-20)28(2,3)4)25(18-19)31-27(33)21-11-15-23(16-12-21)29(5,6)7/h8-18H,1-7H3,(H,30,32)(H,31,33). The number of hydrogen-bond acceptors (Lipinski definition) is 2. The van der Waals surface area contributed by atoms with Crippen molar-refractivity contribution in [2.75, 3.05) is 10.6 Å². The SMILES string of the molecule is Cc1ccc(NC(=O)c2ccc(C(C)(C)C)cc2)c(NC(=O)c2ccc(C(C)(C)C)cc2)c1. The van der Waals surface area contributed by atoms with Crippen molar-refractivity contribution in [2.24, 2.45) is 0 Å². The second-order valence-electron chi connectivity index (χ2n) is 10.6. The van der Waals surface area contributed by atoms with Gasteiger partial charge in [0, 0.05) is 11.1 Å². The molecular formula is C29H34N2O2. The van der Waals surface area contributed by atoms with E-state index in [9.17, 15) is 9.59 Å². The average Bonchev–Trinajstić information content (AvgIpc) is 2.74. The summed E-state index contributed by atoms with van der Waals surface area (Å²) in [6, 6.07) is 20.8. The molecule has 0 unspecified atom stereocenters. The third-order valence-corrected chi connectivity index (χ3v) is 5.70. The molecule has 0 aliphatic rings. The maximum atomic E-state index is 12.9. The minimum atomic E-state index is -0.218. The Balaban J connectivity index is 1.79. The van der Waals surface area contributed by atoms with E-state index in [0.717, 1.165) is 5.56 Å². The number of rotatable bonds is 4. The monoisotopic (exact) mass is 442 g/mol. The van der Waals surface area contributed by atoms with Gasteiger partial charge in [0.25, 0.3) is 11.8 Å². The summed E-state index contributed by atoms with van der Waals surface area (Å²) in [7, 11) is 0. The van der Waals surface area contributed by atoms with Gasteiger partial charge in [-0.3, -0.25) is 9.59 Å². The van der Waals surface area contributed by atoms with Gasteiger partial charge in [-0.25, -0.2) is 0 Å². The summed E-state index contributed by atoms with van der Waals surface area (Å²) in [6.07, 6.45) is 0. The van der Waals surface area contributed by atoms with Crippen LogP contribution in [0.15, 0.2) is 66.7 Å². The first-order chi connectivity index (χ1) is 15.3. The Hall–Kier alpha value is -3.40. The van der Waals surface area contributed by atoms with E-state index < -0.39 is 0 Å². The number of anilines is 2. The van der Waals surface area contributed by atoms with Crippen molar-refractivity contribution in [3.05, 3.63) is 94.5 Å². The lowest BCUT2D eigenvalue weighted by Gasteiger charge is -2.19. The quantitative estimate of drug-likeness (QED) is 0.453. The molecule has 0 spiro atoms. The van der Waals surface area contributed by atoms with Crippen LogP contribution >= 0.6 is 0 Å². The van der Waals surface area contributed by atoms with Crippen molar-refractivity contribution >= 4 is 23.2 Å². The Morgan fingerprint density at radius 2 is 0.970 bits per heavy atom. The number of carbonyl (C=O) groups is 2. The predicted octanol–water partition coefficient (Wildman–Crippen LogP) is 7.09. The van der Waals surface area contributed by atoms with Crippen LogP contribution in [-0.2, 0) is 10.8 Å². The van der Waals surface area contributed by atoms with Gasteiger partial charge in [-0.2, -0.15) is 0 Å². The molecule has 3 rings (SSSR count). The Labute approximate surface area is 197 Å². The lowest BCUT2D eigenvalue weighted by atomic mass is 9.86. The number of benzene rings is 3. The molecule has 4 heteroatoms. The first kappa shape index (κ1) is 24.2. The van der Waals surface area contributed by atoms with E-state index in [4.69, 9.17) is 0 Å². The predicted molar refractivity (Wildman–Crippen MR) is 137 cm³/mol. The van der Waals surface area contributed by atoms with Gasteiger partial charge in [0.2, 0.25) is 0 Å². The summed E-state index contributed by atoms with van der Waals surface area (Å²) >= 11 is 0. The molecule has 172 valence electrons. The zero-order valence-electron chi connectivity index (χ0n) is 20.7. The summed E-state index contributed by atoms with van der Waals surface area (Å²) in [5.41, 5.74) is 5.63. The van der Waals surface area contributed by atoms with Crippen LogP contribution in [0.4, 0.5) is 11.4 Å². The van der Waals surface area contributed by atoms with E-state index in [1.54, 1.807) is 0 Å². The van der Waals surface area contributed by atoms with Crippen molar-refractivity contribution < 1.29 is 9.59 Å². The van der Waals surface area contributed by atoms with Crippen LogP contribution in [0.1, 0.15) is 78.9 Å². The van der Waals surface area contributed by atoms with Gasteiger partial charge >= 0.3 is 0 Å². The lowest BCUT2D eigenvalue weighted by Crippen LogP contribution is -2.18. The second-order valence-corrected chi connectivity index (χ2v) is 10.6. The molecular weight excluding hydrogens is 408 g/mol. The van der Waals surface area contributed by atoms with Crippen LogP contribution in [0.5, 0.6) is 0 Å². The fourth-order valence-electron chi connectivity index (χ4n) is 3.50. The van der Waals surface area contributed by atoms with Gasteiger partial charge in [-0.05, 0) is 70.8 Å². The molecule has 0 aliphatic carbocycles. The third-order valence-electron chi connectivity index (χ3n) is 5.70. The molecule has 0 fully saturated rings. The number of carbonyl (C=O) groups excluding carboxylic acids is 2. The van der Waals surface area contributed by atoms with Crippen LogP contribution in [0.3, 0.4) is 0 Å². The highest BCUT2D eigenvalue weighted by molar-refractivity contribution is 6.10. The lowest BCUT2D eigenvalue weighted by molar-refractivity contribution is 0.101. The van der Waals surface area contributed by atoms with Crippen LogP contribution in [-0.4, -0.2) is 11.8 Å². The van der Waals surface area contributed by atoms with Crippen molar-refractivity contribution in [1.29, 1.82) is 0 Å². The molecule has 0 aromatic heterocycles.